The summed E-state index contributed by atoms with van der Waals surface area (Å²) in [5.74, 6) is 0.896. The average molecular weight is 592 g/mol. The summed E-state index contributed by atoms with van der Waals surface area (Å²) in [4.78, 5) is 49.1. The summed E-state index contributed by atoms with van der Waals surface area (Å²) >= 11 is 1.56. The predicted octanol–water partition coefficient (Wildman–Crippen LogP) is 4.69. The van der Waals surface area contributed by atoms with E-state index >= 15 is 0 Å². The molecule has 222 valence electrons. The number of hydrogen-bond donors (Lipinski definition) is 0. The number of ether oxygens (including phenoxy) is 1. The van der Waals surface area contributed by atoms with E-state index in [4.69, 9.17) is 9.15 Å². The van der Waals surface area contributed by atoms with Crippen LogP contribution in [0.1, 0.15) is 38.6 Å². The number of pyridine rings is 1. The Bertz CT molecular complexity index is 1640. The standard InChI is InChI=1S/C31H37N5O5S/c1-6-36-25-9-8-23(17-26(25)33(5)29(38)31(3,4)30(36)39)40-15-7-11-34(18-22-19-42-20-32-22)13-14-35-12-10-27-24(28(35)37)16-21(2)41-27/h8-10,12,16-17,19-20H,6-7,11,13-15,18H2,1-5H3. The number of thiazole rings is 1. The number of carbonyl (C=O) groups is 2. The first-order valence-electron chi connectivity index (χ1n) is 14.2. The van der Waals surface area contributed by atoms with Crippen molar-refractivity contribution in [2.24, 2.45) is 5.41 Å². The Balaban J connectivity index is 1.24. The maximum absolute atomic E-state index is 13.1. The molecule has 0 atom stereocenters. The monoisotopic (exact) mass is 591 g/mol. The van der Waals surface area contributed by atoms with E-state index in [-0.39, 0.29) is 17.4 Å². The zero-order valence-electron chi connectivity index (χ0n) is 24.8. The van der Waals surface area contributed by atoms with Crippen molar-refractivity contribution in [3.8, 4) is 5.75 Å². The van der Waals surface area contributed by atoms with Crippen LogP contribution in [0.5, 0.6) is 5.75 Å². The highest BCUT2D eigenvalue weighted by molar-refractivity contribution is 7.07. The molecule has 3 aromatic heterocycles. The summed E-state index contributed by atoms with van der Waals surface area (Å²) in [6, 6.07) is 9.15. The van der Waals surface area contributed by atoms with Gasteiger partial charge in [0.05, 0.1) is 34.6 Å². The molecule has 0 bridgehead atoms. The van der Waals surface area contributed by atoms with E-state index in [1.807, 2.05) is 49.0 Å². The van der Waals surface area contributed by atoms with Gasteiger partial charge in [-0.05, 0) is 58.4 Å². The topological polar surface area (TPSA) is 101 Å². The van der Waals surface area contributed by atoms with E-state index in [9.17, 15) is 14.4 Å². The lowest BCUT2D eigenvalue weighted by atomic mass is 9.90. The predicted molar refractivity (Wildman–Crippen MR) is 164 cm³/mol. The Morgan fingerprint density at radius 1 is 1.07 bits per heavy atom. The van der Waals surface area contributed by atoms with Crippen molar-refractivity contribution in [3.05, 3.63) is 69.2 Å². The van der Waals surface area contributed by atoms with E-state index < -0.39 is 5.41 Å². The van der Waals surface area contributed by atoms with Gasteiger partial charge in [0, 0.05) is 57.4 Å². The van der Waals surface area contributed by atoms with E-state index in [2.05, 4.69) is 9.88 Å². The molecule has 1 aromatic carbocycles. The maximum atomic E-state index is 13.1. The first-order chi connectivity index (χ1) is 20.1. The van der Waals surface area contributed by atoms with Crippen molar-refractivity contribution in [1.82, 2.24) is 14.5 Å². The number of aryl methyl sites for hydroxylation is 1. The Labute approximate surface area is 249 Å². The molecule has 1 aliphatic heterocycles. The number of nitrogens with zero attached hydrogens (tertiary/aromatic N) is 5. The van der Waals surface area contributed by atoms with Crippen LogP contribution in [-0.4, -0.2) is 59.6 Å². The second-order valence-electron chi connectivity index (χ2n) is 11.1. The van der Waals surface area contributed by atoms with Gasteiger partial charge >= 0.3 is 0 Å². The molecule has 4 aromatic rings. The SMILES string of the molecule is CCN1C(=O)C(C)(C)C(=O)N(C)c2cc(OCCCN(CCn3ccc4oc(C)cc4c3=O)Cc3cscn3)ccc21. The first-order valence-corrected chi connectivity index (χ1v) is 15.1. The summed E-state index contributed by atoms with van der Waals surface area (Å²) in [6.07, 6.45) is 2.53. The minimum atomic E-state index is -1.15. The van der Waals surface area contributed by atoms with Gasteiger partial charge in [-0.1, -0.05) is 0 Å². The van der Waals surface area contributed by atoms with E-state index in [0.29, 0.717) is 60.9 Å². The normalized spacial score (nSPS) is 15.0. The van der Waals surface area contributed by atoms with Crippen molar-refractivity contribution >= 4 is 45.5 Å². The molecule has 0 fully saturated rings. The molecule has 2 amide bonds. The van der Waals surface area contributed by atoms with Gasteiger partial charge in [0.1, 0.15) is 22.5 Å². The second kappa shape index (κ2) is 12.1. The van der Waals surface area contributed by atoms with Crippen LogP contribution >= 0.6 is 11.3 Å². The largest absolute Gasteiger partial charge is 0.493 e. The number of amides is 2. The van der Waals surface area contributed by atoms with Crippen LogP contribution in [-0.2, 0) is 22.7 Å². The highest BCUT2D eigenvalue weighted by atomic mass is 32.1. The van der Waals surface area contributed by atoms with E-state index in [1.165, 1.54) is 0 Å². The molecule has 0 saturated carbocycles. The van der Waals surface area contributed by atoms with Gasteiger partial charge in [-0.2, -0.15) is 0 Å². The molecule has 4 heterocycles. The third kappa shape index (κ3) is 5.84. The van der Waals surface area contributed by atoms with Crippen LogP contribution in [0.2, 0.25) is 0 Å². The number of anilines is 2. The highest BCUT2D eigenvalue weighted by Crippen LogP contribution is 2.40. The van der Waals surface area contributed by atoms with E-state index in [0.717, 1.165) is 24.4 Å². The fraction of sp³-hybridized carbons (Fsp3) is 0.419. The Hall–Kier alpha value is -3.96. The van der Waals surface area contributed by atoms with Gasteiger partial charge in [0.25, 0.3) is 5.56 Å². The van der Waals surface area contributed by atoms with Crippen LogP contribution in [0.25, 0.3) is 11.0 Å². The molecule has 0 radical (unpaired) electrons. The number of carbonyl (C=O) groups excluding carboxylic acids is 2. The molecule has 0 unspecified atom stereocenters. The third-order valence-electron chi connectivity index (χ3n) is 7.73. The first kappa shape index (κ1) is 29.5. The molecule has 42 heavy (non-hydrogen) atoms. The van der Waals surface area contributed by atoms with Crippen LogP contribution in [0, 0.1) is 12.3 Å². The summed E-state index contributed by atoms with van der Waals surface area (Å²) in [5.41, 5.74) is 3.56. The summed E-state index contributed by atoms with van der Waals surface area (Å²) in [5, 5.41) is 2.63. The lowest BCUT2D eigenvalue weighted by Gasteiger charge is -2.27. The van der Waals surface area contributed by atoms with Gasteiger partial charge in [0.15, 0.2) is 0 Å². The highest BCUT2D eigenvalue weighted by Gasteiger charge is 2.45. The van der Waals surface area contributed by atoms with Gasteiger partial charge < -0.3 is 23.5 Å². The fourth-order valence-corrected chi connectivity index (χ4v) is 5.94. The molecule has 5 rings (SSSR count). The summed E-state index contributed by atoms with van der Waals surface area (Å²) in [7, 11) is 1.70. The molecule has 11 heteroatoms. The number of benzene rings is 1. The molecule has 0 spiro atoms. The summed E-state index contributed by atoms with van der Waals surface area (Å²) in [6.45, 7) is 10.6. The van der Waals surface area contributed by atoms with Crippen molar-refractivity contribution in [2.45, 2.75) is 47.2 Å². The Kier molecular flexibility index (Phi) is 8.51. The van der Waals surface area contributed by atoms with Gasteiger partial charge in [-0.25, -0.2) is 4.98 Å². The fourth-order valence-electron chi connectivity index (χ4n) is 5.39. The van der Waals surface area contributed by atoms with Crippen molar-refractivity contribution < 1.29 is 18.7 Å². The molecule has 0 saturated heterocycles. The van der Waals surface area contributed by atoms with Crippen molar-refractivity contribution in [2.75, 3.05) is 43.1 Å². The lowest BCUT2D eigenvalue weighted by Crippen LogP contribution is -2.47. The van der Waals surface area contributed by atoms with E-state index in [1.54, 1.807) is 58.9 Å². The smallest absolute Gasteiger partial charge is 0.261 e. The molecular formula is C31H37N5O5S. The molecule has 1 aliphatic rings. The third-order valence-corrected chi connectivity index (χ3v) is 8.36. The minimum Gasteiger partial charge on any atom is -0.493 e. The zero-order valence-corrected chi connectivity index (χ0v) is 25.6. The zero-order chi connectivity index (χ0) is 30.0. The average Bonchev–Trinajstić information content (AvgIpc) is 3.62. The number of aromatic nitrogens is 2. The van der Waals surface area contributed by atoms with Crippen LogP contribution in [0.3, 0.4) is 0 Å². The van der Waals surface area contributed by atoms with Gasteiger partial charge in [0.2, 0.25) is 11.8 Å². The van der Waals surface area contributed by atoms with Crippen LogP contribution < -0.4 is 20.1 Å². The van der Waals surface area contributed by atoms with Gasteiger partial charge in [-0.15, -0.1) is 11.3 Å². The summed E-state index contributed by atoms with van der Waals surface area (Å²) < 4.78 is 13.4. The molecule has 0 N–H and O–H groups in total. The number of hydrogen-bond acceptors (Lipinski definition) is 8. The van der Waals surface area contributed by atoms with Crippen LogP contribution in [0.4, 0.5) is 11.4 Å². The molecular weight excluding hydrogens is 554 g/mol. The minimum absolute atomic E-state index is 0.0559. The quantitative estimate of drug-likeness (QED) is 0.184. The number of furan rings is 1. The maximum Gasteiger partial charge on any atom is 0.261 e. The van der Waals surface area contributed by atoms with Crippen molar-refractivity contribution in [3.63, 3.8) is 0 Å². The Morgan fingerprint density at radius 3 is 2.62 bits per heavy atom. The molecule has 10 nitrogen and oxygen atoms in total. The number of fused-ring (bicyclic) bond motifs is 2. The van der Waals surface area contributed by atoms with Crippen LogP contribution in [0.15, 0.2) is 56.6 Å². The lowest BCUT2D eigenvalue weighted by molar-refractivity contribution is -0.137. The number of rotatable bonds is 11. The second-order valence-corrected chi connectivity index (χ2v) is 11.8. The Morgan fingerprint density at radius 2 is 1.88 bits per heavy atom. The van der Waals surface area contributed by atoms with Crippen molar-refractivity contribution in [1.29, 1.82) is 0 Å². The van der Waals surface area contributed by atoms with Gasteiger partial charge in [-0.3, -0.25) is 19.3 Å². The molecule has 0 aliphatic carbocycles.